The summed E-state index contributed by atoms with van der Waals surface area (Å²) in [6.45, 7) is 6.87. The van der Waals surface area contributed by atoms with Gasteiger partial charge >= 0.3 is 0 Å². The van der Waals surface area contributed by atoms with E-state index in [1.165, 1.54) is 12.8 Å². The highest BCUT2D eigenvalue weighted by atomic mass is 16.5. The monoisotopic (exact) mass is 277 g/mol. The van der Waals surface area contributed by atoms with Gasteiger partial charge in [-0.25, -0.2) is 0 Å². The molecule has 5 heteroatoms. The van der Waals surface area contributed by atoms with Crippen LogP contribution in [0.2, 0.25) is 0 Å². The SMILES string of the molecule is CC(C)(C)c1noc(C2(C3CCCC3)CCNC2=O)n1. The summed E-state index contributed by atoms with van der Waals surface area (Å²) in [6, 6.07) is 0. The number of carbonyl (C=O) groups excluding carboxylic acids is 1. The van der Waals surface area contributed by atoms with Gasteiger partial charge in [0.05, 0.1) is 0 Å². The number of hydrogen-bond donors (Lipinski definition) is 1. The zero-order valence-corrected chi connectivity index (χ0v) is 12.5. The van der Waals surface area contributed by atoms with Crippen molar-refractivity contribution in [3.05, 3.63) is 11.7 Å². The minimum Gasteiger partial charge on any atom is -0.355 e. The molecule has 1 aromatic rings. The quantitative estimate of drug-likeness (QED) is 0.900. The van der Waals surface area contributed by atoms with Crippen LogP contribution >= 0.6 is 0 Å². The van der Waals surface area contributed by atoms with E-state index < -0.39 is 5.41 Å². The van der Waals surface area contributed by atoms with Crippen molar-refractivity contribution in [3.8, 4) is 0 Å². The molecule has 1 aliphatic heterocycles. The molecule has 1 aromatic heterocycles. The minimum absolute atomic E-state index is 0.0773. The molecule has 0 aromatic carbocycles. The summed E-state index contributed by atoms with van der Waals surface area (Å²) in [5.74, 6) is 1.64. The first-order valence-electron chi connectivity index (χ1n) is 7.57. The molecule has 2 heterocycles. The van der Waals surface area contributed by atoms with E-state index in [9.17, 15) is 4.79 Å². The lowest BCUT2D eigenvalue weighted by Gasteiger charge is -2.28. The predicted molar refractivity (Wildman–Crippen MR) is 74.3 cm³/mol. The molecule has 1 atom stereocenters. The zero-order chi connectivity index (χ0) is 14.4. The van der Waals surface area contributed by atoms with Gasteiger partial charge in [-0.3, -0.25) is 4.79 Å². The second-order valence-electron chi connectivity index (χ2n) is 7.13. The molecule has 5 nitrogen and oxygen atoms in total. The summed E-state index contributed by atoms with van der Waals surface area (Å²) in [7, 11) is 0. The predicted octanol–water partition coefficient (Wildman–Crippen LogP) is 2.31. The van der Waals surface area contributed by atoms with Gasteiger partial charge in [0.15, 0.2) is 5.82 Å². The van der Waals surface area contributed by atoms with E-state index in [0.717, 1.165) is 19.3 Å². The molecule has 1 saturated heterocycles. The highest BCUT2D eigenvalue weighted by molar-refractivity contribution is 5.89. The lowest BCUT2D eigenvalue weighted by molar-refractivity contribution is -0.126. The van der Waals surface area contributed by atoms with Gasteiger partial charge in [-0.05, 0) is 25.2 Å². The van der Waals surface area contributed by atoms with Crippen molar-refractivity contribution in [2.24, 2.45) is 5.92 Å². The number of aromatic nitrogens is 2. The van der Waals surface area contributed by atoms with Gasteiger partial charge in [-0.2, -0.15) is 4.98 Å². The average Bonchev–Trinajstić information content (AvgIpc) is 3.07. The molecule has 0 radical (unpaired) electrons. The maximum atomic E-state index is 12.5. The molecule has 1 unspecified atom stereocenters. The smallest absolute Gasteiger partial charge is 0.242 e. The van der Waals surface area contributed by atoms with Crippen LogP contribution in [0.15, 0.2) is 4.52 Å². The number of nitrogens with one attached hydrogen (secondary N) is 1. The van der Waals surface area contributed by atoms with E-state index >= 15 is 0 Å². The van der Waals surface area contributed by atoms with Crippen LogP contribution in [0.3, 0.4) is 0 Å². The van der Waals surface area contributed by atoms with Crippen LogP contribution in [0, 0.1) is 5.92 Å². The normalized spacial score (nSPS) is 28.1. The Labute approximate surface area is 119 Å². The fraction of sp³-hybridized carbons (Fsp3) is 0.800. The highest BCUT2D eigenvalue weighted by Crippen LogP contribution is 2.46. The van der Waals surface area contributed by atoms with Gasteiger partial charge in [-0.15, -0.1) is 0 Å². The van der Waals surface area contributed by atoms with Crippen LogP contribution in [-0.2, 0) is 15.6 Å². The number of nitrogens with zero attached hydrogens (tertiary/aromatic N) is 2. The Morgan fingerprint density at radius 2 is 2.00 bits per heavy atom. The summed E-state index contributed by atoms with van der Waals surface area (Å²) in [4.78, 5) is 17.1. The van der Waals surface area contributed by atoms with Gasteiger partial charge in [0, 0.05) is 12.0 Å². The largest absolute Gasteiger partial charge is 0.355 e. The van der Waals surface area contributed by atoms with E-state index in [0.29, 0.717) is 24.2 Å². The number of rotatable bonds is 2. The maximum Gasteiger partial charge on any atom is 0.242 e. The van der Waals surface area contributed by atoms with Crippen molar-refractivity contribution in [1.29, 1.82) is 0 Å². The molecule has 3 rings (SSSR count). The summed E-state index contributed by atoms with van der Waals surface area (Å²) >= 11 is 0. The van der Waals surface area contributed by atoms with Crippen LogP contribution in [0.5, 0.6) is 0 Å². The van der Waals surface area contributed by atoms with Crippen molar-refractivity contribution in [3.63, 3.8) is 0 Å². The molecule has 2 aliphatic rings. The average molecular weight is 277 g/mol. The zero-order valence-electron chi connectivity index (χ0n) is 12.5. The second-order valence-corrected chi connectivity index (χ2v) is 7.13. The Hall–Kier alpha value is -1.39. The molecule has 1 saturated carbocycles. The van der Waals surface area contributed by atoms with Crippen molar-refractivity contribution < 1.29 is 9.32 Å². The summed E-state index contributed by atoms with van der Waals surface area (Å²) in [5.41, 5.74) is -0.735. The van der Waals surface area contributed by atoms with Crippen LogP contribution < -0.4 is 5.32 Å². The summed E-state index contributed by atoms with van der Waals surface area (Å²) < 4.78 is 5.54. The number of carbonyl (C=O) groups is 1. The first-order chi connectivity index (χ1) is 9.44. The van der Waals surface area contributed by atoms with E-state index in [1.807, 2.05) is 0 Å². The van der Waals surface area contributed by atoms with Crippen LogP contribution in [0.1, 0.15) is 64.6 Å². The molecule has 0 bridgehead atoms. The van der Waals surface area contributed by atoms with Crippen LogP contribution in [-0.4, -0.2) is 22.6 Å². The van der Waals surface area contributed by atoms with Crippen molar-refractivity contribution >= 4 is 5.91 Å². The van der Waals surface area contributed by atoms with Gasteiger partial charge in [0.1, 0.15) is 5.41 Å². The Kier molecular flexibility index (Phi) is 3.10. The summed E-state index contributed by atoms with van der Waals surface area (Å²) in [6.07, 6.45) is 5.34. The minimum atomic E-state index is -0.576. The maximum absolute atomic E-state index is 12.5. The Morgan fingerprint density at radius 1 is 1.30 bits per heavy atom. The Balaban J connectivity index is 2.02. The molecular formula is C15H23N3O2. The third kappa shape index (κ3) is 1.95. The van der Waals surface area contributed by atoms with Gasteiger partial charge in [0.25, 0.3) is 0 Å². The molecule has 2 fully saturated rings. The molecular weight excluding hydrogens is 254 g/mol. The molecule has 20 heavy (non-hydrogen) atoms. The van der Waals surface area contributed by atoms with Gasteiger partial charge < -0.3 is 9.84 Å². The molecule has 110 valence electrons. The van der Waals surface area contributed by atoms with Crippen LogP contribution in [0.25, 0.3) is 0 Å². The van der Waals surface area contributed by atoms with Gasteiger partial charge in [-0.1, -0.05) is 38.8 Å². The molecule has 0 spiro atoms. The Morgan fingerprint density at radius 3 is 2.50 bits per heavy atom. The molecule has 1 aliphatic carbocycles. The second kappa shape index (κ2) is 4.57. The lowest BCUT2D eigenvalue weighted by atomic mass is 9.72. The van der Waals surface area contributed by atoms with Crippen molar-refractivity contribution in [1.82, 2.24) is 15.5 Å². The van der Waals surface area contributed by atoms with Crippen molar-refractivity contribution in [2.75, 3.05) is 6.54 Å². The number of hydrogen-bond acceptors (Lipinski definition) is 4. The fourth-order valence-corrected chi connectivity index (χ4v) is 3.54. The third-order valence-electron chi connectivity index (χ3n) is 4.74. The Bertz CT molecular complexity index is 511. The number of amides is 1. The van der Waals surface area contributed by atoms with E-state index in [1.54, 1.807) is 0 Å². The lowest BCUT2D eigenvalue weighted by Crippen LogP contribution is -2.42. The standard InChI is InChI=1S/C15H23N3O2/c1-14(2,3)11-17-13(20-18-11)15(8-9-16-12(15)19)10-6-4-5-7-10/h10H,4-9H2,1-3H3,(H,16,19). The van der Waals surface area contributed by atoms with E-state index in [4.69, 9.17) is 4.52 Å². The first-order valence-corrected chi connectivity index (χ1v) is 7.57. The first kappa shape index (κ1) is 13.6. The van der Waals surface area contributed by atoms with E-state index in [-0.39, 0.29) is 11.3 Å². The van der Waals surface area contributed by atoms with E-state index in [2.05, 4.69) is 36.2 Å². The molecule has 1 N–H and O–H groups in total. The van der Waals surface area contributed by atoms with Crippen LogP contribution in [0.4, 0.5) is 0 Å². The summed E-state index contributed by atoms with van der Waals surface area (Å²) in [5, 5.41) is 7.08. The van der Waals surface area contributed by atoms with Crippen molar-refractivity contribution in [2.45, 2.75) is 63.7 Å². The topological polar surface area (TPSA) is 68.0 Å². The fourth-order valence-electron chi connectivity index (χ4n) is 3.54. The molecule has 1 amide bonds. The third-order valence-corrected chi connectivity index (χ3v) is 4.74. The van der Waals surface area contributed by atoms with Gasteiger partial charge in [0.2, 0.25) is 11.8 Å². The highest BCUT2D eigenvalue weighted by Gasteiger charge is 2.54.